The SMILES string of the molecule is CCC(=O)c1sc(Nc2nc3c(c(N4CCNCC4)n2)CCN(Cc2ccccc2)C3)nc1C. The van der Waals surface area contributed by atoms with Gasteiger partial charge in [-0.3, -0.25) is 15.0 Å². The standard InChI is InChI=1S/C25H31N7OS/c1-3-21(33)22-17(2)27-25(34-22)30-24-28-20-16-31(15-18-7-5-4-6-8-18)12-9-19(20)23(29-24)32-13-10-26-11-14-32/h4-8,26H,3,9-16H2,1-2H3,(H,27,28,29,30). The molecule has 0 amide bonds. The van der Waals surface area contributed by atoms with Gasteiger partial charge in [0.2, 0.25) is 5.95 Å². The van der Waals surface area contributed by atoms with E-state index >= 15 is 0 Å². The lowest BCUT2D eigenvalue weighted by molar-refractivity contribution is 0.0991. The number of hydrogen-bond donors (Lipinski definition) is 2. The Bertz CT molecular complexity index is 1160. The van der Waals surface area contributed by atoms with Gasteiger partial charge in [0.05, 0.1) is 16.3 Å². The summed E-state index contributed by atoms with van der Waals surface area (Å²) in [6, 6.07) is 10.6. The Balaban J connectivity index is 1.44. The Morgan fingerprint density at radius 1 is 1.12 bits per heavy atom. The minimum absolute atomic E-state index is 0.118. The van der Waals surface area contributed by atoms with Gasteiger partial charge in [-0.2, -0.15) is 4.98 Å². The first-order valence-corrected chi connectivity index (χ1v) is 12.8. The molecule has 34 heavy (non-hydrogen) atoms. The fourth-order valence-corrected chi connectivity index (χ4v) is 5.57. The van der Waals surface area contributed by atoms with E-state index in [9.17, 15) is 4.79 Å². The van der Waals surface area contributed by atoms with Crippen LogP contribution in [0.25, 0.3) is 0 Å². The lowest BCUT2D eigenvalue weighted by Crippen LogP contribution is -2.45. The number of Topliss-reactive ketones (excluding diaryl/α,β-unsaturated/α-hetero) is 1. The van der Waals surface area contributed by atoms with Crippen LogP contribution in [0, 0.1) is 6.92 Å². The average molecular weight is 478 g/mol. The zero-order valence-corrected chi connectivity index (χ0v) is 20.6. The van der Waals surface area contributed by atoms with Gasteiger partial charge in [-0.1, -0.05) is 48.6 Å². The van der Waals surface area contributed by atoms with Crippen molar-refractivity contribution in [3.05, 3.63) is 57.7 Å². The molecular formula is C25H31N7OS. The van der Waals surface area contributed by atoms with Crippen LogP contribution >= 0.6 is 11.3 Å². The summed E-state index contributed by atoms with van der Waals surface area (Å²) in [4.78, 5) is 32.2. The monoisotopic (exact) mass is 477 g/mol. The highest BCUT2D eigenvalue weighted by atomic mass is 32.1. The second kappa shape index (κ2) is 10.2. The minimum atomic E-state index is 0.118. The molecule has 0 radical (unpaired) electrons. The summed E-state index contributed by atoms with van der Waals surface area (Å²) in [7, 11) is 0. The summed E-state index contributed by atoms with van der Waals surface area (Å²) in [6.07, 6.45) is 1.41. The number of carbonyl (C=O) groups excluding carboxylic acids is 1. The van der Waals surface area contributed by atoms with Crippen molar-refractivity contribution in [2.75, 3.05) is 42.9 Å². The molecule has 1 fully saturated rings. The fraction of sp³-hybridized carbons (Fsp3) is 0.440. The smallest absolute Gasteiger partial charge is 0.231 e. The topological polar surface area (TPSA) is 86.3 Å². The second-order valence-corrected chi connectivity index (χ2v) is 9.81. The maximum absolute atomic E-state index is 12.2. The minimum Gasteiger partial charge on any atom is -0.354 e. The number of carbonyl (C=O) groups is 1. The predicted molar refractivity (Wildman–Crippen MR) is 136 cm³/mol. The predicted octanol–water partition coefficient (Wildman–Crippen LogP) is 3.55. The lowest BCUT2D eigenvalue weighted by atomic mass is 10.0. The van der Waals surface area contributed by atoms with Crippen LogP contribution < -0.4 is 15.5 Å². The maximum atomic E-state index is 12.2. The first-order valence-electron chi connectivity index (χ1n) is 12.0. The van der Waals surface area contributed by atoms with Gasteiger partial charge in [0.15, 0.2) is 10.9 Å². The zero-order valence-electron chi connectivity index (χ0n) is 19.8. The normalized spacial score (nSPS) is 16.4. The molecule has 2 aliphatic heterocycles. The molecule has 5 rings (SSSR count). The quantitative estimate of drug-likeness (QED) is 0.500. The lowest BCUT2D eigenvalue weighted by Gasteiger charge is -2.34. The number of thiazole rings is 1. The van der Waals surface area contributed by atoms with E-state index in [0.29, 0.717) is 22.4 Å². The summed E-state index contributed by atoms with van der Waals surface area (Å²) < 4.78 is 0. The number of hydrogen-bond acceptors (Lipinski definition) is 9. The first-order chi connectivity index (χ1) is 16.6. The molecule has 3 aromatic rings. The van der Waals surface area contributed by atoms with E-state index in [1.807, 2.05) is 13.8 Å². The molecule has 8 nitrogen and oxygen atoms in total. The highest BCUT2D eigenvalue weighted by molar-refractivity contribution is 7.17. The van der Waals surface area contributed by atoms with Gasteiger partial charge in [0.1, 0.15) is 5.82 Å². The molecule has 178 valence electrons. The van der Waals surface area contributed by atoms with Gasteiger partial charge in [0.25, 0.3) is 0 Å². The summed E-state index contributed by atoms with van der Waals surface area (Å²) in [5.41, 5.74) is 4.40. The number of fused-ring (bicyclic) bond motifs is 1. The van der Waals surface area contributed by atoms with Crippen molar-refractivity contribution in [2.24, 2.45) is 0 Å². The molecule has 1 aromatic carbocycles. The number of piperazine rings is 1. The molecule has 2 aliphatic rings. The Morgan fingerprint density at radius 3 is 2.68 bits per heavy atom. The van der Waals surface area contributed by atoms with Crippen LogP contribution in [0.5, 0.6) is 0 Å². The maximum Gasteiger partial charge on any atom is 0.231 e. The molecule has 2 N–H and O–H groups in total. The van der Waals surface area contributed by atoms with E-state index in [1.54, 1.807) is 0 Å². The van der Waals surface area contributed by atoms with Gasteiger partial charge < -0.3 is 10.2 Å². The summed E-state index contributed by atoms with van der Waals surface area (Å²) in [5.74, 6) is 1.71. The van der Waals surface area contributed by atoms with Crippen molar-refractivity contribution < 1.29 is 4.79 Å². The second-order valence-electron chi connectivity index (χ2n) is 8.81. The molecule has 0 bridgehead atoms. The van der Waals surface area contributed by atoms with E-state index in [1.165, 1.54) is 22.5 Å². The summed E-state index contributed by atoms with van der Waals surface area (Å²) in [5, 5.41) is 7.40. The number of ketones is 1. The van der Waals surface area contributed by atoms with Crippen LogP contribution in [0.4, 0.5) is 16.9 Å². The van der Waals surface area contributed by atoms with Gasteiger partial charge in [-0.15, -0.1) is 0 Å². The van der Waals surface area contributed by atoms with Crippen molar-refractivity contribution in [3.8, 4) is 0 Å². The van der Waals surface area contributed by atoms with Crippen molar-refractivity contribution in [2.45, 2.75) is 39.8 Å². The van der Waals surface area contributed by atoms with E-state index in [4.69, 9.17) is 9.97 Å². The van der Waals surface area contributed by atoms with E-state index in [2.05, 4.69) is 55.7 Å². The third kappa shape index (κ3) is 4.96. The van der Waals surface area contributed by atoms with Crippen LogP contribution in [0.2, 0.25) is 0 Å². The first kappa shape index (κ1) is 22.9. The molecule has 0 atom stereocenters. The van der Waals surface area contributed by atoms with Crippen molar-refractivity contribution in [1.82, 2.24) is 25.2 Å². The van der Waals surface area contributed by atoms with Gasteiger partial charge in [0, 0.05) is 57.8 Å². The number of aryl methyl sites for hydroxylation is 1. The molecule has 4 heterocycles. The molecule has 1 saturated heterocycles. The van der Waals surface area contributed by atoms with E-state index in [-0.39, 0.29) is 5.78 Å². The summed E-state index contributed by atoms with van der Waals surface area (Å²) >= 11 is 1.38. The zero-order chi connectivity index (χ0) is 23.5. The Hall–Kier alpha value is -2.88. The largest absolute Gasteiger partial charge is 0.354 e. The third-order valence-electron chi connectivity index (χ3n) is 6.38. The van der Waals surface area contributed by atoms with Gasteiger partial charge >= 0.3 is 0 Å². The molecular weight excluding hydrogens is 446 g/mol. The van der Waals surface area contributed by atoms with Gasteiger partial charge in [-0.05, 0) is 18.9 Å². The molecule has 0 spiro atoms. The Morgan fingerprint density at radius 2 is 1.91 bits per heavy atom. The van der Waals surface area contributed by atoms with Crippen LogP contribution in [0.3, 0.4) is 0 Å². The molecule has 9 heteroatoms. The number of benzene rings is 1. The number of aromatic nitrogens is 3. The molecule has 0 saturated carbocycles. The van der Waals surface area contributed by atoms with Crippen molar-refractivity contribution >= 4 is 34.0 Å². The van der Waals surface area contributed by atoms with E-state index in [0.717, 1.165) is 69.4 Å². The van der Waals surface area contributed by atoms with Crippen LogP contribution in [-0.2, 0) is 19.5 Å². The number of rotatable bonds is 7. The fourth-order valence-electron chi connectivity index (χ4n) is 4.60. The van der Waals surface area contributed by atoms with Crippen LogP contribution in [-0.4, -0.2) is 58.4 Å². The number of nitrogens with zero attached hydrogens (tertiary/aromatic N) is 5. The van der Waals surface area contributed by atoms with Crippen LogP contribution in [0.15, 0.2) is 30.3 Å². The molecule has 0 aliphatic carbocycles. The van der Waals surface area contributed by atoms with Gasteiger partial charge in [-0.25, -0.2) is 9.97 Å². The number of anilines is 3. The van der Waals surface area contributed by atoms with Crippen molar-refractivity contribution in [1.29, 1.82) is 0 Å². The Labute approximate surface area is 204 Å². The highest BCUT2D eigenvalue weighted by Gasteiger charge is 2.26. The molecule has 2 aromatic heterocycles. The summed E-state index contributed by atoms with van der Waals surface area (Å²) in [6.45, 7) is 10.2. The average Bonchev–Trinajstić information content (AvgIpc) is 3.23. The van der Waals surface area contributed by atoms with Crippen LogP contribution in [0.1, 0.15) is 45.5 Å². The number of nitrogens with one attached hydrogen (secondary N) is 2. The highest BCUT2D eigenvalue weighted by Crippen LogP contribution is 2.31. The van der Waals surface area contributed by atoms with Crippen molar-refractivity contribution in [3.63, 3.8) is 0 Å². The van der Waals surface area contributed by atoms with E-state index < -0.39 is 0 Å². The Kier molecular flexibility index (Phi) is 6.85. The molecule has 0 unspecified atom stereocenters. The third-order valence-corrected chi connectivity index (χ3v) is 7.49.